The minimum Gasteiger partial charge on any atom is -0.317 e. The van der Waals surface area contributed by atoms with Crippen LogP contribution in [0.1, 0.15) is 32.6 Å². The van der Waals surface area contributed by atoms with Gasteiger partial charge in [-0.25, -0.2) is 4.79 Å². The molecule has 1 rings (SSSR count). The maximum atomic E-state index is 11.3. The number of amides is 3. The van der Waals surface area contributed by atoms with Crippen LogP contribution in [0.4, 0.5) is 4.79 Å². The summed E-state index contributed by atoms with van der Waals surface area (Å²) >= 11 is 0. The molecule has 1 atom stereocenters. The fraction of sp³-hybridized carbons (Fsp3) is 0.667. The van der Waals surface area contributed by atoms with Gasteiger partial charge in [-0.1, -0.05) is 26.2 Å². The number of aldehydes is 1. The van der Waals surface area contributed by atoms with E-state index >= 15 is 0 Å². The van der Waals surface area contributed by atoms with Crippen molar-refractivity contribution in [2.75, 3.05) is 0 Å². The zero-order chi connectivity index (χ0) is 10.6. The normalized spacial score (nSPS) is 25.8. The van der Waals surface area contributed by atoms with Gasteiger partial charge in [0, 0.05) is 0 Å². The molecule has 0 spiro atoms. The van der Waals surface area contributed by atoms with E-state index in [4.69, 9.17) is 0 Å². The first-order chi connectivity index (χ1) is 6.64. The Labute approximate surface area is 82.2 Å². The molecule has 0 saturated carbocycles. The molecular weight excluding hydrogens is 184 g/mol. The topological polar surface area (TPSA) is 75.3 Å². The van der Waals surface area contributed by atoms with Crippen molar-refractivity contribution in [3.63, 3.8) is 0 Å². The summed E-state index contributed by atoms with van der Waals surface area (Å²) < 4.78 is 0. The van der Waals surface area contributed by atoms with E-state index in [0.717, 1.165) is 19.3 Å². The van der Waals surface area contributed by atoms with Gasteiger partial charge in [0.05, 0.1) is 0 Å². The van der Waals surface area contributed by atoms with Crippen molar-refractivity contribution in [1.82, 2.24) is 10.6 Å². The van der Waals surface area contributed by atoms with Crippen LogP contribution in [-0.4, -0.2) is 23.8 Å². The number of nitrogens with one attached hydrogen (secondary N) is 2. The van der Waals surface area contributed by atoms with Crippen molar-refractivity contribution >= 4 is 18.2 Å². The quantitative estimate of drug-likeness (QED) is 0.289. The molecule has 5 nitrogen and oxygen atoms in total. The fourth-order valence-corrected chi connectivity index (χ4v) is 1.48. The van der Waals surface area contributed by atoms with E-state index in [1.807, 2.05) is 6.92 Å². The van der Waals surface area contributed by atoms with Gasteiger partial charge < -0.3 is 10.1 Å². The van der Waals surface area contributed by atoms with Crippen molar-refractivity contribution in [1.29, 1.82) is 0 Å². The molecule has 0 aromatic rings. The second-order valence-electron chi connectivity index (χ2n) is 3.45. The van der Waals surface area contributed by atoms with Crippen molar-refractivity contribution in [3.05, 3.63) is 0 Å². The molecule has 0 bridgehead atoms. The standard InChI is InChI=1S/C9H14N2O3/c1-2-3-4-5-9(6-12)7(13)10-8(14)11-9/h6H,2-5H2,1H3,(H2,10,11,13,14)/t9-/m0/s1. The maximum absolute atomic E-state index is 11.3. The van der Waals surface area contributed by atoms with Gasteiger partial charge in [-0.2, -0.15) is 0 Å². The molecule has 1 aliphatic rings. The highest BCUT2D eigenvalue weighted by Crippen LogP contribution is 2.16. The first-order valence-electron chi connectivity index (χ1n) is 4.74. The van der Waals surface area contributed by atoms with Crippen molar-refractivity contribution < 1.29 is 14.4 Å². The summed E-state index contributed by atoms with van der Waals surface area (Å²) in [6.45, 7) is 2.03. The van der Waals surface area contributed by atoms with E-state index in [0.29, 0.717) is 12.7 Å². The van der Waals surface area contributed by atoms with E-state index < -0.39 is 17.5 Å². The monoisotopic (exact) mass is 198 g/mol. The van der Waals surface area contributed by atoms with E-state index in [9.17, 15) is 14.4 Å². The minimum atomic E-state index is -1.31. The van der Waals surface area contributed by atoms with Crippen LogP contribution < -0.4 is 10.6 Å². The SMILES string of the molecule is CCCCC[C@@]1(C=O)NC(=O)NC1=O. The fourth-order valence-electron chi connectivity index (χ4n) is 1.48. The Bertz CT molecular complexity index is 265. The Morgan fingerprint density at radius 3 is 2.50 bits per heavy atom. The lowest BCUT2D eigenvalue weighted by atomic mass is 9.94. The lowest BCUT2D eigenvalue weighted by Crippen LogP contribution is -2.48. The predicted octanol–water partition coefficient (Wildman–Crippen LogP) is 0.344. The third-order valence-corrected chi connectivity index (χ3v) is 2.34. The van der Waals surface area contributed by atoms with Gasteiger partial charge >= 0.3 is 6.03 Å². The second kappa shape index (κ2) is 4.21. The summed E-state index contributed by atoms with van der Waals surface area (Å²) in [6.07, 6.45) is 3.59. The zero-order valence-electron chi connectivity index (χ0n) is 8.13. The van der Waals surface area contributed by atoms with E-state index in [1.165, 1.54) is 0 Å². The first kappa shape index (κ1) is 10.7. The number of unbranched alkanes of at least 4 members (excludes halogenated alkanes) is 2. The van der Waals surface area contributed by atoms with E-state index in [1.54, 1.807) is 0 Å². The van der Waals surface area contributed by atoms with Crippen LogP contribution in [0.2, 0.25) is 0 Å². The van der Waals surface area contributed by atoms with Crippen LogP contribution in [0.15, 0.2) is 0 Å². The van der Waals surface area contributed by atoms with Crippen LogP contribution in [-0.2, 0) is 9.59 Å². The molecule has 14 heavy (non-hydrogen) atoms. The third-order valence-electron chi connectivity index (χ3n) is 2.34. The van der Waals surface area contributed by atoms with Crippen molar-refractivity contribution in [2.45, 2.75) is 38.1 Å². The Balaban J connectivity index is 2.62. The Kier molecular flexibility index (Phi) is 3.22. The van der Waals surface area contributed by atoms with Crippen LogP contribution in [0.25, 0.3) is 0 Å². The number of carbonyl (C=O) groups is 3. The number of hydrogen-bond donors (Lipinski definition) is 2. The Hall–Kier alpha value is -1.39. The summed E-state index contributed by atoms with van der Waals surface area (Å²) in [5.41, 5.74) is -1.31. The van der Waals surface area contributed by atoms with Gasteiger partial charge in [0.15, 0.2) is 11.8 Å². The number of imide groups is 1. The smallest absolute Gasteiger partial charge is 0.317 e. The Morgan fingerprint density at radius 2 is 2.07 bits per heavy atom. The molecule has 3 amide bonds. The third kappa shape index (κ3) is 1.92. The highest BCUT2D eigenvalue weighted by atomic mass is 16.2. The first-order valence-corrected chi connectivity index (χ1v) is 4.74. The molecule has 5 heteroatoms. The molecule has 1 aliphatic heterocycles. The lowest BCUT2D eigenvalue weighted by Gasteiger charge is -2.17. The van der Waals surface area contributed by atoms with Gasteiger partial charge in [0.1, 0.15) is 0 Å². The molecule has 1 heterocycles. The van der Waals surface area contributed by atoms with Crippen LogP contribution >= 0.6 is 0 Å². The second-order valence-corrected chi connectivity index (χ2v) is 3.45. The molecule has 0 unspecified atom stereocenters. The molecule has 1 saturated heterocycles. The Morgan fingerprint density at radius 1 is 1.36 bits per heavy atom. The van der Waals surface area contributed by atoms with Crippen LogP contribution in [0, 0.1) is 0 Å². The number of hydrogen-bond acceptors (Lipinski definition) is 3. The van der Waals surface area contributed by atoms with Crippen LogP contribution in [0.5, 0.6) is 0 Å². The highest BCUT2D eigenvalue weighted by Gasteiger charge is 2.45. The summed E-state index contributed by atoms with van der Waals surface area (Å²) in [5, 5.41) is 4.42. The summed E-state index contributed by atoms with van der Waals surface area (Å²) in [7, 11) is 0. The summed E-state index contributed by atoms with van der Waals surface area (Å²) in [5.74, 6) is -0.534. The van der Waals surface area contributed by atoms with E-state index in [-0.39, 0.29) is 0 Å². The van der Waals surface area contributed by atoms with E-state index in [2.05, 4.69) is 10.6 Å². The van der Waals surface area contributed by atoms with Crippen molar-refractivity contribution in [2.24, 2.45) is 0 Å². The summed E-state index contributed by atoms with van der Waals surface area (Å²) in [4.78, 5) is 33.0. The predicted molar refractivity (Wildman–Crippen MR) is 49.6 cm³/mol. The average molecular weight is 198 g/mol. The number of rotatable bonds is 5. The largest absolute Gasteiger partial charge is 0.322 e. The average Bonchev–Trinajstić information content (AvgIpc) is 2.43. The number of carbonyl (C=O) groups excluding carboxylic acids is 3. The molecule has 0 aromatic carbocycles. The van der Waals surface area contributed by atoms with Gasteiger partial charge in [-0.05, 0) is 6.42 Å². The number of urea groups is 1. The van der Waals surface area contributed by atoms with Crippen molar-refractivity contribution in [3.8, 4) is 0 Å². The maximum Gasteiger partial charge on any atom is 0.322 e. The molecule has 1 fully saturated rings. The molecule has 78 valence electrons. The minimum absolute atomic E-state index is 0.377. The molecule has 2 N–H and O–H groups in total. The van der Waals surface area contributed by atoms with Gasteiger partial charge in [0.25, 0.3) is 5.91 Å². The zero-order valence-corrected chi connectivity index (χ0v) is 8.13. The molecule has 0 radical (unpaired) electrons. The van der Waals surface area contributed by atoms with Gasteiger partial charge in [-0.3, -0.25) is 10.1 Å². The molecule has 0 aliphatic carbocycles. The molecular formula is C9H14N2O3. The highest BCUT2D eigenvalue weighted by molar-refractivity contribution is 6.15. The lowest BCUT2D eigenvalue weighted by molar-refractivity contribution is -0.129. The van der Waals surface area contributed by atoms with Gasteiger partial charge in [0.2, 0.25) is 0 Å². The summed E-state index contributed by atoms with van der Waals surface area (Å²) in [6, 6.07) is -0.585. The van der Waals surface area contributed by atoms with Crippen LogP contribution in [0.3, 0.4) is 0 Å². The van der Waals surface area contributed by atoms with Gasteiger partial charge in [-0.15, -0.1) is 0 Å². The molecule has 0 aromatic heterocycles.